The van der Waals surface area contributed by atoms with E-state index in [4.69, 9.17) is 4.74 Å². The third-order valence-electron chi connectivity index (χ3n) is 5.76. The zero-order valence-corrected chi connectivity index (χ0v) is 19.1. The number of carbonyl (C=O) groups excluding carboxylic acids is 1. The molecule has 1 aliphatic heterocycles. The van der Waals surface area contributed by atoms with E-state index in [2.05, 4.69) is 0 Å². The van der Waals surface area contributed by atoms with Gasteiger partial charge in [0.15, 0.2) is 0 Å². The lowest BCUT2D eigenvalue weighted by atomic mass is 10.1. The number of hydrogen-bond donors (Lipinski definition) is 0. The lowest BCUT2D eigenvalue weighted by Gasteiger charge is -2.24. The maximum atomic E-state index is 13.1. The van der Waals surface area contributed by atoms with Crippen molar-refractivity contribution in [2.45, 2.75) is 30.1 Å². The monoisotopic (exact) mass is 468 g/mol. The van der Waals surface area contributed by atoms with Crippen LogP contribution in [0.2, 0.25) is 0 Å². The normalized spacial score (nSPS) is 16.6. The number of amides is 1. The molecule has 166 valence electrons. The Kier molecular flexibility index (Phi) is 5.75. The van der Waals surface area contributed by atoms with Crippen LogP contribution in [0.1, 0.15) is 24.0 Å². The van der Waals surface area contributed by atoms with Gasteiger partial charge in [-0.05, 0) is 54.1 Å². The van der Waals surface area contributed by atoms with Gasteiger partial charge >= 0.3 is 0 Å². The summed E-state index contributed by atoms with van der Waals surface area (Å²) in [5.74, 6) is 0.937. The number of anilines is 1. The Morgan fingerprint density at radius 3 is 2.62 bits per heavy atom. The molecule has 0 saturated heterocycles. The Labute approximate surface area is 192 Å². The fourth-order valence-electron chi connectivity index (χ4n) is 3.90. The Morgan fingerprint density at radius 2 is 1.91 bits per heavy atom. The number of rotatable bonds is 6. The summed E-state index contributed by atoms with van der Waals surface area (Å²) < 4.78 is 33.8. The SMILES string of the molecule is O=C(C1CC1)N(Cc1ccc2c(c1)CN(S(=O)(=O)c1cccs1)CCO2)c1ccccc1. The lowest BCUT2D eigenvalue weighted by molar-refractivity contribution is -0.119. The van der Waals surface area contributed by atoms with Gasteiger partial charge < -0.3 is 9.64 Å². The number of sulfonamides is 1. The van der Waals surface area contributed by atoms with Crippen LogP contribution in [0.5, 0.6) is 5.75 Å². The number of hydrogen-bond acceptors (Lipinski definition) is 5. The second-order valence-corrected chi connectivity index (χ2v) is 11.2. The number of thiophene rings is 1. The van der Waals surface area contributed by atoms with Gasteiger partial charge in [-0.1, -0.05) is 30.3 Å². The van der Waals surface area contributed by atoms with Crippen LogP contribution in [0.25, 0.3) is 0 Å². The van der Waals surface area contributed by atoms with Crippen LogP contribution in [0.15, 0.2) is 70.3 Å². The molecule has 6 nitrogen and oxygen atoms in total. The van der Waals surface area contributed by atoms with E-state index in [1.165, 1.54) is 15.6 Å². The minimum absolute atomic E-state index is 0.103. The van der Waals surface area contributed by atoms with E-state index in [-0.39, 0.29) is 18.4 Å². The molecule has 5 rings (SSSR count). The first-order chi connectivity index (χ1) is 15.5. The van der Waals surface area contributed by atoms with Gasteiger partial charge in [-0.25, -0.2) is 8.42 Å². The molecule has 1 aromatic heterocycles. The van der Waals surface area contributed by atoms with Crippen LogP contribution in [0.3, 0.4) is 0 Å². The molecular weight excluding hydrogens is 444 g/mol. The fraction of sp³-hybridized carbons (Fsp3) is 0.292. The number of para-hydroxylation sites is 1. The summed E-state index contributed by atoms with van der Waals surface area (Å²) in [5, 5.41) is 1.77. The third kappa shape index (κ3) is 4.30. The largest absolute Gasteiger partial charge is 0.492 e. The van der Waals surface area contributed by atoms with Gasteiger partial charge in [0.1, 0.15) is 16.6 Å². The van der Waals surface area contributed by atoms with Crippen molar-refractivity contribution in [3.05, 3.63) is 77.2 Å². The first-order valence-corrected chi connectivity index (χ1v) is 13.0. The second-order valence-electron chi connectivity index (χ2n) is 8.10. The predicted molar refractivity (Wildman–Crippen MR) is 124 cm³/mol. The molecular formula is C24H24N2O4S2. The molecule has 3 aromatic rings. The maximum absolute atomic E-state index is 13.1. The van der Waals surface area contributed by atoms with Gasteiger partial charge in [0.25, 0.3) is 10.0 Å². The molecule has 0 unspecified atom stereocenters. The molecule has 2 heterocycles. The summed E-state index contributed by atoms with van der Waals surface area (Å²) >= 11 is 1.22. The fourth-order valence-corrected chi connectivity index (χ4v) is 6.45. The molecule has 1 saturated carbocycles. The van der Waals surface area contributed by atoms with Crippen LogP contribution in [-0.2, 0) is 27.9 Å². The number of ether oxygens (including phenoxy) is 1. The summed E-state index contributed by atoms with van der Waals surface area (Å²) in [6, 6.07) is 18.9. The van der Waals surface area contributed by atoms with Gasteiger partial charge in [-0.15, -0.1) is 11.3 Å². The van der Waals surface area contributed by atoms with Crippen molar-refractivity contribution < 1.29 is 17.9 Å². The van der Waals surface area contributed by atoms with Crippen LogP contribution >= 0.6 is 11.3 Å². The highest BCUT2D eigenvalue weighted by Crippen LogP contribution is 2.34. The van der Waals surface area contributed by atoms with Crippen molar-refractivity contribution in [3.8, 4) is 5.75 Å². The summed E-state index contributed by atoms with van der Waals surface area (Å²) in [4.78, 5) is 14.8. The van der Waals surface area contributed by atoms with Crippen molar-refractivity contribution in [1.82, 2.24) is 4.31 Å². The molecule has 0 atom stereocenters. The Bertz CT molecular complexity index is 1210. The van der Waals surface area contributed by atoms with E-state index in [0.29, 0.717) is 29.7 Å². The Morgan fingerprint density at radius 1 is 1.09 bits per heavy atom. The number of benzene rings is 2. The summed E-state index contributed by atoms with van der Waals surface area (Å²) in [6.07, 6.45) is 1.88. The number of carbonyl (C=O) groups is 1. The molecule has 2 aliphatic rings. The van der Waals surface area contributed by atoms with E-state index in [0.717, 1.165) is 29.7 Å². The molecule has 1 aliphatic carbocycles. The highest BCUT2D eigenvalue weighted by molar-refractivity contribution is 7.91. The summed E-state index contributed by atoms with van der Waals surface area (Å²) in [5.41, 5.74) is 2.63. The van der Waals surface area contributed by atoms with E-state index in [9.17, 15) is 13.2 Å². The van der Waals surface area contributed by atoms with Crippen molar-refractivity contribution in [2.75, 3.05) is 18.1 Å². The van der Waals surface area contributed by atoms with Gasteiger partial charge in [0.2, 0.25) is 5.91 Å². The summed E-state index contributed by atoms with van der Waals surface area (Å²) in [7, 11) is -3.57. The molecule has 0 spiro atoms. The van der Waals surface area contributed by atoms with Crippen LogP contribution in [-0.4, -0.2) is 31.8 Å². The molecule has 1 amide bonds. The van der Waals surface area contributed by atoms with Gasteiger partial charge in [-0.3, -0.25) is 4.79 Å². The number of fused-ring (bicyclic) bond motifs is 1. The highest BCUT2D eigenvalue weighted by atomic mass is 32.2. The smallest absolute Gasteiger partial charge is 0.252 e. The maximum Gasteiger partial charge on any atom is 0.252 e. The molecule has 0 N–H and O–H groups in total. The first-order valence-electron chi connectivity index (χ1n) is 10.7. The van der Waals surface area contributed by atoms with Gasteiger partial charge in [0.05, 0.1) is 6.54 Å². The minimum Gasteiger partial charge on any atom is -0.492 e. The van der Waals surface area contributed by atoms with Crippen molar-refractivity contribution >= 4 is 33.0 Å². The van der Waals surface area contributed by atoms with Gasteiger partial charge in [0, 0.05) is 30.3 Å². The van der Waals surface area contributed by atoms with Crippen molar-refractivity contribution in [1.29, 1.82) is 0 Å². The second kappa shape index (κ2) is 8.69. The molecule has 1 fully saturated rings. The minimum atomic E-state index is -3.57. The average Bonchev–Trinajstić information content (AvgIpc) is 3.55. The van der Waals surface area contributed by atoms with E-state index in [1.54, 1.807) is 17.5 Å². The first kappa shape index (κ1) is 21.2. The zero-order chi connectivity index (χ0) is 22.1. The van der Waals surface area contributed by atoms with E-state index in [1.807, 2.05) is 53.4 Å². The van der Waals surface area contributed by atoms with Crippen LogP contribution in [0, 0.1) is 5.92 Å². The average molecular weight is 469 g/mol. The Balaban J connectivity index is 1.42. The molecule has 8 heteroatoms. The lowest BCUT2D eigenvalue weighted by Crippen LogP contribution is -2.32. The molecule has 0 bridgehead atoms. The van der Waals surface area contributed by atoms with Crippen molar-refractivity contribution in [3.63, 3.8) is 0 Å². The topological polar surface area (TPSA) is 66.9 Å². The van der Waals surface area contributed by atoms with Crippen molar-refractivity contribution in [2.24, 2.45) is 5.92 Å². The predicted octanol–water partition coefficient (Wildman–Crippen LogP) is 4.27. The standard InChI is InChI=1S/C24H24N2O4S2/c27-24(19-9-10-19)26(21-5-2-1-3-6-21)16-18-8-11-22-20(15-18)17-25(12-13-30-22)32(28,29)23-7-4-14-31-23/h1-8,11,14-15,19H,9-10,12-13,16-17H2. The van der Waals surface area contributed by atoms with Crippen LogP contribution in [0.4, 0.5) is 5.69 Å². The van der Waals surface area contributed by atoms with E-state index < -0.39 is 10.0 Å². The molecule has 0 radical (unpaired) electrons. The zero-order valence-electron chi connectivity index (χ0n) is 17.5. The molecule has 2 aromatic carbocycles. The van der Waals surface area contributed by atoms with E-state index >= 15 is 0 Å². The molecule has 32 heavy (non-hydrogen) atoms. The summed E-state index contributed by atoms with van der Waals surface area (Å²) in [6.45, 7) is 1.27. The number of nitrogens with zero attached hydrogens (tertiary/aromatic N) is 2. The highest BCUT2D eigenvalue weighted by Gasteiger charge is 2.34. The Hall–Kier alpha value is -2.68. The van der Waals surface area contributed by atoms with Crippen LogP contribution < -0.4 is 9.64 Å². The quantitative estimate of drug-likeness (QED) is 0.542. The third-order valence-corrected chi connectivity index (χ3v) is 8.98. The van der Waals surface area contributed by atoms with Gasteiger partial charge in [-0.2, -0.15) is 4.31 Å².